The molecule has 0 aliphatic rings. The van der Waals surface area contributed by atoms with Gasteiger partial charge in [0.05, 0.1) is 20.3 Å². The Hall–Kier alpha value is -2.24. The SMILES string of the molecule is COc1ccc(-c2cc(N)ccc2N(CCO)CCO)cc1. The van der Waals surface area contributed by atoms with Crippen molar-refractivity contribution in [2.75, 3.05) is 44.0 Å². The molecule has 5 nitrogen and oxygen atoms in total. The minimum absolute atomic E-state index is 0.0203. The second-order valence-corrected chi connectivity index (χ2v) is 4.94. The van der Waals surface area contributed by atoms with Gasteiger partial charge >= 0.3 is 0 Å². The van der Waals surface area contributed by atoms with Gasteiger partial charge < -0.3 is 25.6 Å². The van der Waals surface area contributed by atoms with Crippen molar-refractivity contribution >= 4 is 11.4 Å². The van der Waals surface area contributed by atoms with Crippen molar-refractivity contribution in [3.63, 3.8) is 0 Å². The lowest BCUT2D eigenvalue weighted by atomic mass is 10.0. The molecule has 0 fully saturated rings. The van der Waals surface area contributed by atoms with Crippen molar-refractivity contribution in [3.05, 3.63) is 42.5 Å². The van der Waals surface area contributed by atoms with E-state index in [1.807, 2.05) is 47.4 Å². The predicted octanol–water partition coefficient (Wildman–Crippen LogP) is 1.74. The minimum atomic E-state index is 0.0203. The molecular weight excluding hydrogens is 280 g/mol. The molecule has 0 atom stereocenters. The molecule has 0 heterocycles. The summed E-state index contributed by atoms with van der Waals surface area (Å²) < 4.78 is 5.18. The number of benzene rings is 2. The van der Waals surface area contributed by atoms with Crippen LogP contribution in [0.3, 0.4) is 0 Å². The number of ether oxygens (including phenoxy) is 1. The van der Waals surface area contributed by atoms with Crippen LogP contribution in [0.15, 0.2) is 42.5 Å². The lowest BCUT2D eigenvalue weighted by molar-refractivity contribution is 0.281. The van der Waals surface area contributed by atoms with Gasteiger partial charge in [0.15, 0.2) is 0 Å². The van der Waals surface area contributed by atoms with E-state index >= 15 is 0 Å². The molecule has 118 valence electrons. The highest BCUT2D eigenvalue weighted by molar-refractivity contribution is 5.81. The number of aliphatic hydroxyl groups excluding tert-OH is 2. The first-order chi connectivity index (χ1) is 10.7. The molecule has 0 saturated heterocycles. The number of nitrogen functional groups attached to an aromatic ring is 1. The van der Waals surface area contributed by atoms with Gasteiger partial charge in [-0.05, 0) is 35.9 Å². The molecule has 2 rings (SSSR count). The van der Waals surface area contributed by atoms with Crippen LogP contribution in [-0.2, 0) is 0 Å². The van der Waals surface area contributed by atoms with E-state index in [1.165, 1.54) is 0 Å². The minimum Gasteiger partial charge on any atom is -0.497 e. The van der Waals surface area contributed by atoms with Crippen molar-refractivity contribution in [2.24, 2.45) is 0 Å². The molecule has 22 heavy (non-hydrogen) atoms. The average molecular weight is 302 g/mol. The lowest BCUT2D eigenvalue weighted by Gasteiger charge is -2.26. The Kier molecular flexibility index (Phi) is 5.63. The molecule has 0 amide bonds. The number of anilines is 2. The van der Waals surface area contributed by atoms with Gasteiger partial charge in [0.2, 0.25) is 0 Å². The number of rotatable bonds is 7. The van der Waals surface area contributed by atoms with Gasteiger partial charge in [0, 0.05) is 30.0 Å². The van der Waals surface area contributed by atoms with Crippen LogP contribution in [0.2, 0.25) is 0 Å². The van der Waals surface area contributed by atoms with Gasteiger partial charge in [-0.2, -0.15) is 0 Å². The number of nitrogens with two attached hydrogens (primary N) is 1. The van der Waals surface area contributed by atoms with Crippen LogP contribution in [0, 0.1) is 0 Å². The molecular formula is C17H22N2O3. The zero-order valence-corrected chi connectivity index (χ0v) is 12.7. The van der Waals surface area contributed by atoms with Crippen molar-refractivity contribution in [1.29, 1.82) is 0 Å². The Labute approximate surface area is 130 Å². The first kappa shape index (κ1) is 16.1. The van der Waals surface area contributed by atoms with Crippen LogP contribution in [0.1, 0.15) is 0 Å². The summed E-state index contributed by atoms with van der Waals surface area (Å²) in [6, 6.07) is 13.4. The summed E-state index contributed by atoms with van der Waals surface area (Å²) in [6.07, 6.45) is 0. The molecule has 0 aromatic heterocycles. The second-order valence-electron chi connectivity index (χ2n) is 4.94. The highest BCUT2D eigenvalue weighted by atomic mass is 16.5. The van der Waals surface area contributed by atoms with E-state index in [1.54, 1.807) is 7.11 Å². The van der Waals surface area contributed by atoms with Gasteiger partial charge in [-0.1, -0.05) is 12.1 Å². The lowest BCUT2D eigenvalue weighted by Crippen LogP contribution is -2.30. The Morgan fingerprint density at radius 3 is 2.18 bits per heavy atom. The Balaban J connectivity index is 2.45. The third-order valence-electron chi connectivity index (χ3n) is 3.50. The Morgan fingerprint density at radius 1 is 1.00 bits per heavy atom. The van der Waals surface area contributed by atoms with Gasteiger partial charge in [0.1, 0.15) is 5.75 Å². The van der Waals surface area contributed by atoms with Crippen LogP contribution in [-0.4, -0.2) is 43.6 Å². The quantitative estimate of drug-likeness (QED) is 0.679. The fraction of sp³-hybridized carbons (Fsp3) is 0.294. The number of aliphatic hydroxyl groups is 2. The maximum atomic E-state index is 9.24. The predicted molar refractivity (Wildman–Crippen MR) is 89.2 cm³/mol. The molecule has 0 aliphatic carbocycles. The van der Waals surface area contributed by atoms with Crippen LogP contribution in [0.4, 0.5) is 11.4 Å². The Bertz CT molecular complexity index is 593. The van der Waals surface area contributed by atoms with E-state index in [9.17, 15) is 10.2 Å². The highest BCUT2D eigenvalue weighted by Crippen LogP contribution is 2.33. The summed E-state index contributed by atoms with van der Waals surface area (Å²) in [4.78, 5) is 1.94. The highest BCUT2D eigenvalue weighted by Gasteiger charge is 2.12. The van der Waals surface area contributed by atoms with Crippen molar-refractivity contribution < 1.29 is 14.9 Å². The van der Waals surface area contributed by atoms with Crippen LogP contribution >= 0.6 is 0 Å². The molecule has 0 aliphatic heterocycles. The fourth-order valence-electron chi connectivity index (χ4n) is 2.43. The van der Waals surface area contributed by atoms with Gasteiger partial charge in [-0.15, -0.1) is 0 Å². The van der Waals surface area contributed by atoms with Gasteiger partial charge in [0.25, 0.3) is 0 Å². The molecule has 0 saturated carbocycles. The van der Waals surface area contributed by atoms with Gasteiger partial charge in [-0.3, -0.25) is 0 Å². The molecule has 0 bridgehead atoms. The number of hydrogen-bond acceptors (Lipinski definition) is 5. The van der Waals surface area contributed by atoms with E-state index in [4.69, 9.17) is 10.5 Å². The fourth-order valence-corrected chi connectivity index (χ4v) is 2.43. The van der Waals surface area contributed by atoms with Crippen LogP contribution in [0.5, 0.6) is 5.75 Å². The first-order valence-corrected chi connectivity index (χ1v) is 7.20. The number of methoxy groups -OCH3 is 1. The van der Waals surface area contributed by atoms with E-state index in [0.29, 0.717) is 18.8 Å². The third kappa shape index (κ3) is 3.69. The second kappa shape index (κ2) is 7.68. The molecule has 2 aromatic rings. The third-order valence-corrected chi connectivity index (χ3v) is 3.50. The molecule has 0 radical (unpaired) electrons. The zero-order valence-electron chi connectivity index (χ0n) is 12.7. The van der Waals surface area contributed by atoms with E-state index in [2.05, 4.69) is 0 Å². The van der Waals surface area contributed by atoms with E-state index in [0.717, 1.165) is 22.6 Å². The standard InChI is InChI=1S/C17H22N2O3/c1-22-15-5-2-13(3-6-15)16-12-14(18)4-7-17(16)19(8-10-20)9-11-21/h2-7,12,20-21H,8-11,18H2,1H3. The Morgan fingerprint density at radius 2 is 1.64 bits per heavy atom. The summed E-state index contributed by atoms with van der Waals surface area (Å²) in [6.45, 7) is 0.945. The van der Waals surface area contributed by atoms with Crippen LogP contribution in [0.25, 0.3) is 11.1 Å². The summed E-state index contributed by atoms with van der Waals surface area (Å²) in [5.74, 6) is 0.789. The first-order valence-electron chi connectivity index (χ1n) is 7.20. The summed E-state index contributed by atoms with van der Waals surface area (Å²) >= 11 is 0. The topological polar surface area (TPSA) is 79.0 Å². The van der Waals surface area contributed by atoms with E-state index in [-0.39, 0.29) is 13.2 Å². The molecule has 0 spiro atoms. The molecule has 0 unspecified atom stereocenters. The maximum Gasteiger partial charge on any atom is 0.118 e. The average Bonchev–Trinajstić information content (AvgIpc) is 2.55. The van der Waals surface area contributed by atoms with Crippen molar-refractivity contribution in [1.82, 2.24) is 0 Å². The monoisotopic (exact) mass is 302 g/mol. The molecule has 4 N–H and O–H groups in total. The maximum absolute atomic E-state index is 9.24. The van der Waals surface area contributed by atoms with Crippen molar-refractivity contribution in [2.45, 2.75) is 0 Å². The molecule has 5 heteroatoms. The summed E-state index contributed by atoms with van der Waals surface area (Å²) in [5.41, 5.74) is 9.50. The summed E-state index contributed by atoms with van der Waals surface area (Å²) in [7, 11) is 1.63. The van der Waals surface area contributed by atoms with Crippen LogP contribution < -0.4 is 15.4 Å². The van der Waals surface area contributed by atoms with Crippen molar-refractivity contribution in [3.8, 4) is 16.9 Å². The normalized spacial score (nSPS) is 10.5. The number of nitrogens with zero attached hydrogens (tertiary/aromatic N) is 1. The smallest absolute Gasteiger partial charge is 0.118 e. The number of hydrogen-bond donors (Lipinski definition) is 3. The van der Waals surface area contributed by atoms with Gasteiger partial charge in [-0.25, -0.2) is 0 Å². The molecule has 2 aromatic carbocycles. The summed E-state index contributed by atoms with van der Waals surface area (Å²) in [5, 5.41) is 18.5. The largest absolute Gasteiger partial charge is 0.497 e. The van der Waals surface area contributed by atoms with E-state index < -0.39 is 0 Å². The zero-order chi connectivity index (χ0) is 15.9.